The molecule has 0 saturated carbocycles. The number of rotatable bonds is 6. The van der Waals surface area contributed by atoms with Gasteiger partial charge in [-0.1, -0.05) is 17.4 Å². The molecule has 0 bridgehead atoms. The summed E-state index contributed by atoms with van der Waals surface area (Å²) in [4.78, 5) is 11.6. The lowest BCUT2D eigenvalue weighted by molar-refractivity contribution is 0.108. The summed E-state index contributed by atoms with van der Waals surface area (Å²) >= 11 is 1.24. The summed E-state index contributed by atoms with van der Waals surface area (Å²) in [5, 5.41) is 23.3. The molecule has 2 amide bonds. The van der Waals surface area contributed by atoms with Crippen LogP contribution >= 0.6 is 11.3 Å². The molecule has 1 aromatic heterocycles. The van der Waals surface area contributed by atoms with Gasteiger partial charge in [0.25, 0.3) is 0 Å². The second kappa shape index (κ2) is 7.66. The van der Waals surface area contributed by atoms with Gasteiger partial charge in [0.15, 0.2) is 0 Å². The Morgan fingerprint density at radius 2 is 2.32 bits per heavy atom. The Labute approximate surface area is 130 Å². The molecule has 0 radical (unpaired) electrons. The summed E-state index contributed by atoms with van der Waals surface area (Å²) in [5.74, 6) is -0.107. The first-order valence-electron chi connectivity index (χ1n) is 6.44. The fourth-order valence-corrected chi connectivity index (χ4v) is 2.09. The van der Waals surface area contributed by atoms with Gasteiger partial charge in [-0.3, -0.25) is 5.32 Å². The fraction of sp³-hybridized carbons (Fsp3) is 0.308. The molecule has 2 rings (SSSR count). The normalized spacial score (nSPS) is 11.8. The maximum atomic E-state index is 12.9. The molecule has 0 aliphatic carbocycles. The van der Waals surface area contributed by atoms with Gasteiger partial charge in [0, 0.05) is 12.6 Å². The van der Waals surface area contributed by atoms with Gasteiger partial charge in [0.2, 0.25) is 5.13 Å². The molecule has 0 aliphatic heterocycles. The number of aromatic nitrogens is 2. The van der Waals surface area contributed by atoms with E-state index in [1.165, 1.54) is 29.5 Å². The van der Waals surface area contributed by atoms with Crippen molar-refractivity contribution in [2.75, 3.05) is 18.5 Å². The van der Waals surface area contributed by atoms with E-state index < -0.39 is 18.0 Å². The van der Waals surface area contributed by atoms with Crippen LogP contribution in [-0.4, -0.2) is 40.6 Å². The van der Waals surface area contributed by atoms with Gasteiger partial charge >= 0.3 is 6.03 Å². The molecule has 9 heteroatoms. The van der Waals surface area contributed by atoms with Crippen molar-refractivity contribution < 1.29 is 19.0 Å². The summed E-state index contributed by atoms with van der Waals surface area (Å²) < 4.78 is 18.2. The van der Waals surface area contributed by atoms with Crippen LogP contribution in [0.3, 0.4) is 0 Å². The fourth-order valence-electron chi connectivity index (χ4n) is 1.51. The standard InChI is InChI=1S/C13H15FN4O3S/c1-8-17-18-13(22-8)16-12(20)15-6-10(19)7-21-11-4-2-3-9(14)5-11/h2-5,10,19H,6-7H2,1H3,(H2,15,16,18,20). The Balaban J connectivity index is 1.68. The van der Waals surface area contributed by atoms with Crippen molar-refractivity contribution in [2.24, 2.45) is 0 Å². The average Bonchev–Trinajstić information content (AvgIpc) is 2.88. The first-order chi connectivity index (χ1) is 10.5. The zero-order valence-electron chi connectivity index (χ0n) is 11.7. The third-order valence-electron chi connectivity index (χ3n) is 2.48. The predicted molar refractivity (Wildman–Crippen MR) is 79.6 cm³/mol. The predicted octanol–water partition coefficient (Wildman–Crippen LogP) is 1.55. The van der Waals surface area contributed by atoms with Crippen LogP contribution in [0.2, 0.25) is 0 Å². The number of hydrogen-bond acceptors (Lipinski definition) is 6. The number of carbonyl (C=O) groups excluding carboxylic acids is 1. The Hall–Kier alpha value is -2.26. The number of amides is 2. The maximum absolute atomic E-state index is 12.9. The second-order valence-electron chi connectivity index (χ2n) is 4.38. The van der Waals surface area contributed by atoms with Gasteiger partial charge in [-0.05, 0) is 19.1 Å². The number of halogens is 1. The van der Waals surface area contributed by atoms with Crippen molar-refractivity contribution in [3.05, 3.63) is 35.1 Å². The van der Waals surface area contributed by atoms with E-state index in [4.69, 9.17) is 4.74 Å². The number of aryl methyl sites for hydroxylation is 1. The van der Waals surface area contributed by atoms with E-state index in [-0.39, 0.29) is 13.2 Å². The molecule has 1 aromatic carbocycles. The van der Waals surface area contributed by atoms with Gasteiger partial charge in [-0.25, -0.2) is 9.18 Å². The summed E-state index contributed by atoms with van der Waals surface area (Å²) in [6, 6.07) is 5.09. The number of aliphatic hydroxyl groups is 1. The van der Waals surface area contributed by atoms with Crippen LogP contribution in [0.25, 0.3) is 0 Å². The summed E-state index contributed by atoms with van der Waals surface area (Å²) in [6.07, 6.45) is -0.926. The van der Waals surface area contributed by atoms with E-state index in [0.29, 0.717) is 10.9 Å². The van der Waals surface area contributed by atoms with E-state index in [1.54, 1.807) is 13.0 Å². The molecule has 2 aromatic rings. The number of nitrogens with one attached hydrogen (secondary N) is 2. The lowest BCUT2D eigenvalue weighted by Crippen LogP contribution is -2.37. The summed E-state index contributed by atoms with van der Waals surface area (Å²) in [6.45, 7) is 1.69. The number of benzene rings is 1. The van der Waals surface area contributed by atoms with Crippen LogP contribution in [-0.2, 0) is 0 Å². The minimum absolute atomic E-state index is 0.0149. The highest BCUT2D eigenvalue weighted by Gasteiger charge is 2.10. The average molecular weight is 326 g/mol. The molecular weight excluding hydrogens is 311 g/mol. The Morgan fingerprint density at radius 1 is 1.50 bits per heavy atom. The van der Waals surface area contributed by atoms with Crippen molar-refractivity contribution in [3.63, 3.8) is 0 Å². The maximum Gasteiger partial charge on any atom is 0.321 e. The van der Waals surface area contributed by atoms with Crippen LogP contribution < -0.4 is 15.4 Å². The largest absolute Gasteiger partial charge is 0.491 e. The molecule has 0 spiro atoms. The van der Waals surface area contributed by atoms with E-state index in [9.17, 15) is 14.3 Å². The number of aliphatic hydroxyl groups excluding tert-OH is 1. The number of carbonyl (C=O) groups is 1. The highest BCUT2D eigenvalue weighted by molar-refractivity contribution is 7.15. The SMILES string of the molecule is Cc1nnc(NC(=O)NCC(O)COc2cccc(F)c2)s1. The number of anilines is 1. The lowest BCUT2D eigenvalue weighted by Gasteiger charge is -2.13. The third kappa shape index (κ3) is 5.26. The molecule has 1 atom stereocenters. The molecule has 3 N–H and O–H groups in total. The van der Waals surface area contributed by atoms with Crippen LogP contribution in [0.4, 0.5) is 14.3 Å². The first kappa shape index (κ1) is 16.1. The van der Waals surface area contributed by atoms with Gasteiger partial charge in [0.05, 0.1) is 0 Å². The van der Waals surface area contributed by atoms with Crippen LogP contribution in [0.15, 0.2) is 24.3 Å². The molecule has 1 unspecified atom stereocenters. The lowest BCUT2D eigenvalue weighted by atomic mass is 10.3. The highest BCUT2D eigenvalue weighted by Crippen LogP contribution is 2.13. The van der Waals surface area contributed by atoms with Crippen molar-refractivity contribution >= 4 is 22.5 Å². The van der Waals surface area contributed by atoms with E-state index >= 15 is 0 Å². The van der Waals surface area contributed by atoms with E-state index in [0.717, 1.165) is 5.01 Å². The topological polar surface area (TPSA) is 96.4 Å². The third-order valence-corrected chi connectivity index (χ3v) is 3.24. The number of urea groups is 1. The number of nitrogens with zero attached hydrogens (tertiary/aromatic N) is 2. The molecule has 22 heavy (non-hydrogen) atoms. The van der Waals surface area contributed by atoms with Gasteiger partial charge in [-0.2, -0.15) is 0 Å². The molecule has 7 nitrogen and oxygen atoms in total. The quantitative estimate of drug-likeness (QED) is 0.748. The molecule has 0 saturated heterocycles. The summed E-state index contributed by atoms with van der Waals surface area (Å²) in [5.41, 5.74) is 0. The monoisotopic (exact) mass is 326 g/mol. The van der Waals surface area contributed by atoms with E-state index in [1.807, 2.05) is 0 Å². The smallest absolute Gasteiger partial charge is 0.321 e. The molecule has 0 aliphatic rings. The Kier molecular flexibility index (Phi) is 5.61. The van der Waals surface area contributed by atoms with Gasteiger partial charge < -0.3 is 15.2 Å². The van der Waals surface area contributed by atoms with Crippen molar-refractivity contribution in [3.8, 4) is 5.75 Å². The number of ether oxygens (including phenoxy) is 1. The van der Waals surface area contributed by atoms with Crippen LogP contribution in [0.5, 0.6) is 5.75 Å². The van der Waals surface area contributed by atoms with Crippen molar-refractivity contribution in [2.45, 2.75) is 13.0 Å². The van der Waals surface area contributed by atoms with Gasteiger partial charge in [-0.15, -0.1) is 10.2 Å². The molecular formula is C13H15FN4O3S. The van der Waals surface area contributed by atoms with Crippen LogP contribution in [0, 0.1) is 12.7 Å². The highest BCUT2D eigenvalue weighted by atomic mass is 32.1. The summed E-state index contributed by atoms with van der Waals surface area (Å²) in [7, 11) is 0. The first-order valence-corrected chi connectivity index (χ1v) is 7.26. The number of hydrogen-bond donors (Lipinski definition) is 3. The molecule has 118 valence electrons. The zero-order valence-corrected chi connectivity index (χ0v) is 12.6. The minimum atomic E-state index is -0.926. The molecule has 0 fully saturated rings. The minimum Gasteiger partial charge on any atom is -0.491 e. The Morgan fingerprint density at radius 3 is 3.00 bits per heavy atom. The van der Waals surface area contributed by atoms with Gasteiger partial charge in [0.1, 0.15) is 29.3 Å². The molecule has 1 heterocycles. The van der Waals surface area contributed by atoms with Crippen LogP contribution in [0.1, 0.15) is 5.01 Å². The van der Waals surface area contributed by atoms with E-state index in [2.05, 4.69) is 20.8 Å². The van der Waals surface area contributed by atoms with Crippen molar-refractivity contribution in [1.29, 1.82) is 0 Å². The second-order valence-corrected chi connectivity index (χ2v) is 5.57. The zero-order chi connectivity index (χ0) is 15.9. The van der Waals surface area contributed by atoms with Crippen molar-refractivity contribution in [1.82, 2.24) is 15.5 Å². The Bertz CT molecular complexity index is 637.